The van der Waals surface area contributed by atoms with E-state index in [1.807, 2.05) is 24.3 Å². The molecule has 0 saturated heterocycles. The smallest absolute Gasteiger partial charge is 0.164 e. The van der Waals surface area contributed by atoms with Gasteiger partial charge in [0.15, 0.2) is 17.5 Å². The first-order chi connectivity index (χ1) is 28.2. The molecule has 8 aromatic carbocycles. The third-order valence-electron chi connectivity index (χ3n) is 11.3. The highest BCUT2D eigenvalue weighted by Gasteiger charge is 2.26. The molecule has 0 saturated carbocycles. The summed E-state index contributed by atoms with van der Waals surface area (Å²) in [7, 11) is 0. The van der Waals surface area contributed by atoms with Crippen molar-refractivity contribution in [2.24, 2.45) is 0 Å². The van der Waals surface area contributed by atoms with Crippen LogP contribution in [0.2, 0.25) is 0 Å². The van der Waals surface area contributed by atoms with E-state index < -0.39 is 0 Å². The maximum absolute atomic E-state index is 6.31. The second kappa shape index (κ2) is 13.7. The van der Waals surface area contributed by atoms with Gasteiger partial charge in [-0.05, 0) is 86.8 Å². The first-order valence-corrected chi connectivity index (χ1v) is 19.4. The van der Waals surface area contributed by atoms with Gasteiger partial charge < -0.3 is 4.42 Å². The molecule has 1 aliphatic carbocycles. The number of fused-ring (bicyclic) bond motifs is 6. The summed E-state index contributed by atoms with van der Waals surface area (Å²) >= 11 is 0. The lowest BCUT2D eigenvalue weighted by Gasteiger charge is -2.28. The predicted octanol–water partition coefficient (Wildman–Crippen LogP) is 13.5. The number of nitrogens with zero attached hydrogens (tertiary/aromatic N) is 3. The molecule has 4 heteroatoms. The number of benzene rings is 8. The van der Waals surface area contributed by atoms with Crippen LogP contribution in [0.5, 0.6) is 0 Å². The van der Waals surface area contributed by atoms with Gasteiger partial charge in [-0.3, -0.25) is 0 Å². The maximum atomic E-state index is 6.31. The first kappa shape index (κ1) is 33.0. The average molecular weight is 730 g/mol. The van der Waals surface area contributed by atoms with E-state index in [9.17, 15) is 0 Å². The van der Waals surface area contributed by atoms with Crippen LogP contribution in [0.1, 0.15) is 22.6 Å². The minimum absolute atomic E-state index is 0.259. The van der Waals surface area contributed by atoms with Crippen LogP contribution in [0.3, 0.4) is 0 Å². The van der Waals surface area contributed by atoms with Crippen molar-refractivity contribution in [3.8, 4) is 67.5 Å². The van der Waals surface area contributed by atoms with Gasteiger partial charge in [-0.15, -0.1) is 0 Å². The molecule has 0 radical (unpaired) electrons. The largest absolute Gasteiger partial charge is 0.456 e. The Morgan fingerprint density at radius 2 is 0.912 bits per heavy atom. The summed E-state index contributed by atoms with van der Waals surface area (Å²) in [6.07, 6.45) is 0.892. The van der Waals surface area contributed by atoms with Crippen LogP contribution >= 0.6 is 0 Å². The molecule has 0 fully saturated rings. The Kier molecular flexibility index (Phi) is 7.92. The van der Waals surface area contributed by atoms with Gasteiger partial charge in [0, 0.05) is 33.4 Å². The van der Waals surface area contributed by atoms with E-state index in [-0.39, 0.29) is 5.92 Å². The number of rotatable bonds is 6. The van der Waals surface area contributed by atoms with Crippen molar-refractivity contribution in [3.63, 3.8) is 0 Å². The fraction of sp³-hybridized carbons (Fsp3) is 0.0377. The van der Waals surface area contributed by atoms with Crippen LogP contribution in [0.4, 0.5) is 0 Å². The highest BCUT2D eigenvalue weighted by atomic mass is 16.3. The lowest BCUT2D eigenvalue weighted by atomic mass is 9.75. The van der Waals surface area contributed by atoms with Gasteiger partial charge in [-0.25, -0.2) is 15.0 Å². The molecular weight excluding hydrogens is 695 g/mol. The van der Waals surface area contributed by atoms with E-state index in [0.29, 0.717) is 17.5 Å². The lowest BCUT2D eigenvalue weighted by Crippen LogP contribution is -2.13. The molecule has 0 N–H and O–H groups in total. The van der Waals surface area contributed by atoms with E-state index in [2.05, 4.69) is 170 Å². The van der Waals surface area contributed by atoms with Crippen molar-refractivity contribution in [1.82, 2.24) is 15.0 Å². The second-order valence-corrected chi connectivity index (χ2v) is 14.8. The van der Waals surface area contributed by atoms with Gasteiger partial charge in [0.1, 0.15) is 11.2 Å². The monoisotopic (exact) mass is 729 g/mol. The molecule has 0 amide bonds. The van der Waals surface area contributed by atoms with Crippen LogP contribution < -0.4 is 0 Å². The Bertz CT molecular complexity index is 3100. The zero-order valence-electron chi connectivity index (χ0n) is 31.0. The molecule has 0 bridgehead atoms. The van der Waals surface area contributed by atoms with E-state index in [0.717, 1.165) is 56.2 Å². The third-order valence-corrected chi connectivity index (χ3v) is 11.3. The van der Waals surface area contributed by atoms with Gasteiger partial charge in [-0.1, -0.05) is 164 Å². The fourth-order valence-corrected chi connectivity index (χ4v) is 8.48. The maximum Gasteiger partial charge on any atom is 0.164 e. The molecule has 1 aliphatic rings. The predicted molar refractivity (Wildman–Crippen MR) is 232 cm³/mol. The van der Waals surface area contributed by atoms with Crippen molar-refractivity contribution in [2.75, 3.05) is 0 Å². The minimum atomic E-state index is 0.259. The van der Waals surface area contributed by atoms with Crippen molar-refractivity contribution < 1.29 is 4.42 Å². The number of furan rings is 1. The summed E-state index contributed by atoms with van der Waals surface area (Å²) in [5.74, 6) is 2.11. The molecular formula is C53H35N3O. The Morgan fingerprint density at radius 1 is 0.368 bits per heavy atom. The van der Waals surface area contributed by atoms with Crippen LogP contribution in [-0.4, -0.2) is 15.0 Å². The molecule has 2 heterocycles. The summed E-state index contributed by atoms with van der Waals surface area (Å²) in [5.41, 5.74) is 15.5. The average Bonchev–Trinajstić information content (AvgIpc) is 3.67. The highest BCUT2D eigenvalue weighted by molar-refractivity contribution is 6.05. The molecule has 10 aromatic rings. The van der Waals surface area contributed by atoms with Crippen molar-refractivity contribution in [3.05, 3.63) is 211 Å². The van der Waals surface area contributed by atoms with Crippen molar-refractivity contribution in [1.29, 1.82) is 0 Å². The summed E-state index contributed by atoms with van der Waals surface area (Å²) in [6.45, 7) is 0. The van der Waals surface area contributed by atoms with Gasteiger partial charge in [-0.2, -0.15) is 0 Å². The van der Waals surface area contributed by atoms with Gasteiger partial charge in [0.05, 0.1) is 0 Å². The Labute approximate surface area is 330 Å². The first-order valence-electron chi connectivity index (χ1n) is 19.4. The van der Waals surface area contributed by atoms with Crippen LogP contribution in [0.15, 0.2) is 199 Å². The molecule has 2 aromatic heterocycles. The number of para-hydroxylation sites is 1. The molecule has 0 aliphatic heterocycles. The standard InChI is InChI=1S/C53H35N3O/c1-3-12-34(13-4-1)35-22-24-36(25-23-35)38-16-11-17-39(30-38)51-54-52(56-53(55-51)41-27-29-47-46-20-9-10-21-49(46)57-50(47)33-41)40-26-28-43-42(31-40)32-48(37-14-5-2-6-15-37)45-19-8-7-18-44(43)45/h1-31,33,48H,32H2. The van der Waals surface area contributed by atoms with E-state index in [4.69, 9.17) is 19.4 Å². The van der Waals surface area contributed by atoms with E-state index >= 15 is 0 Å². The van der Waals surface area contributed by atoms with Gasteiger partial charge in [0.2, 0.25) is 0 Å². The number of aromatic nitrogens is 3. The molecule has 268 valence electrons. The molecule has 4 nitrogen and oxygen atoms in total. The van der Waals surface area contributed by atoms with Crippen LogP contribution in [-0.2, 0) is 6.42 Å². The van der Waals surface area contributed by atoms with Crippen LogP contribution in [0, 0.1) is 0 Å². The number of hydrogen-bond acceptors (Lipinski definition) is 4. The zero-order valence-corrected chi connectivity index (χ0v) is 31.0. The topological polar surface area (TPSA) is 51.8 Å². The van der Waals surface area contributed by atoms with Gasteiger partial charge in [0.25, 0.3) is 0 Å². The van der Waals surface area contributed by atoms with Crippen molar-refractivity contribution >= 4 is 21.9 Å². The summed E-state index contributed by atoms with van der Waals surface area (Å²) in [6, 6.07) is 68.4. The summed E-state index contributed by atoms with van der Waals surface area (Å²) < 4.78 is 6.31. The minimum Gasteiger partial charge on any atom is -0.456 e. The molecule has 0 spiro atoms. The number of hydrogen-bond donors (Lipinski definition) is 0. The SMILES string of the molecule is c1ccc(-c2ccc(-c3cccc(-c4nc(-c5ccc6c(c5)CC(c5ccccc5)c5ccccc5-6)nc(-c5ccc6c(c5)oc5ccccc56)n4)c3)cc2)cc1. The molecule has 11 rings (SSSR count). The Hall–Kier alpha value is -7.43. The fourth-order valence-electron chi connectivity index (χ4n) is 8.48. The molecule has 1 unspecified atom stereocenters. The summed E-state index contributed by atoms with van der Waals surface area (Å²) in [5, 5.41) is 2.16. The lowest BCUT2D eigenvalue weighted by molar-refractivity contribution is 0.669. The Morgan fingerprint density at radius 3 is 1.70 bits per heavy atom. The molecule has 57 heavy (non-hydrogen) atoms. The zero-order chi connectivity index (χ0) is 37.7. The Balaban J connectivity index is 1.04. The van der Waals surface area contributed by atoms with Crippen molar-refractivity contribution in [2.45, 2.75) is 12.3 Å². The van der Waals surface area contributed by atoms with E-state index in [1.54, 1.807) is 0 Å². The third kappa shape index (κ3) is 5.99. The van der Waals surface area contributed by atoms with E-state index in [1.165, 1.54) is 38.9 Å². The summed E-state index contributed by atoms with van der Waals surface area (Å²) in [4.78, 5) is 15.5. The van der Waals surface area contributed by atoms with Gasteiger partial charge >= 0.3 is 0 Å². The molecule has 1 atom stereocenters. The second-order valence-electron chi connectivity index (χ2n) is 14.8. The normalized spacial score (nSPS) is 13.4. The highest BCUT2D eigenvalue weighted by Crippen LogP contribution is 2.44. The quantitative estimate of drug-likeness (QED) is 0.171. The van der Waals surface area contributed by atoms with Crippen LogP contribution in [0.25, 0.3) is 89.5 Å².